The number of rotatable bonds is 7. The fourth-order valence-electron chi connectivity index (χ4n) is 16.4. The molecule has 12 aromatic rings. The lowest BCUT2D eigenvalue weighted by Gasteiger charge is -2.45. The fraction of sp³-hybridized carbons (Fsp3) is 0.233. The Morgan fingerprint density at radius 2 is 0.767 bits per heavy atom. The molecule has 1 aromatic heterocycles. The van der Waals surface area contributed by atoms with Gasteiger partial charge in [0.05, 0.1) is 11.0 Å². The molecule has 4 aliphatic rings. The van der Waals surface area contributed by atoms with Crippen LogP contribution in [0.5, 0.6) is 0 Å². The van der Waals surface area contributed by atoms with Gasteiger partial charge in [0, 0.05) is 50.6 Å². The second kappa shape index (κ2) is 20.2. The van der Waals surface area contributed by atoms with Crippen molar-refractivity contribution in [2.45, 2.75) is 129 Å². The van der Waals surface area contributed by atoms with Gasteiger partial charge in [-0.05, 0) is 208 Å². The lowest BCUT2D eigenvalue weighted by molar-refractivity contribution is 0.332. The molecule has 3 heterocycles. The van der Waals surface area contributed by atoms with E-state index in [0.717, 1.165) is 17.1 Å². The van der Waals surface area contributed by atoms with Gasteiger partial charge in [0.2, 0.25) is 0 Å². The van der Waals surface area contributed by atoms with Crippen molar-refractivity contribution >= 4 is 79.0 Å². The van der Waals surface area contributed by atoms with Gasteiger partial charge in [0.25, 0.3) is 6.71 Å². The molecule has 442 valence electrons. The normalized spacial score (nSPS) is 16.5. The maximum absolute atomic E-state index is 2.61. The van der Waals surface area contributed by atoms with Crippen LogP contribution in [0.4, 0.5) is 34.1 Å². The average molecular weight is 1170 g/mol. The predicted octanol–water partition coefficient (Wildman–Crippen LogP) is 21.5. The maximum Gasteiger partial charge on any atom is 0.252 e. The molecule has 0 radical (unpaired) electrons. The minimum Gasteiger partial charge on any atom is -0.311 e. The van der Waals surface area contributed by atoms with Crippen LogP contribution in [0, 0.1) is 0 Å². The summed E-state index contributed by atoms with van der Waals surface area (Å²) in [5, 5.41) is 2.51. The van der Waals surface area contributed by atoms with Crippen LogP contribution in [0.15, 0.2) is 237 Å². The van der Waals surface area contributed by atoms with E-state index in [1.807, 2.05) is 0 Å². The van der Waals surface area contributed by atoms with Crippen molar-refractivity contribution in [3.05, 3.63) is 264 Å². The van der Waals surface area contributed by atoms with Crippen LogP contribution in [0.1, 0.15) is 130 Å². The highest BCUT2D eigenvalue weighted by Crippen LogP contribution is 2.52. The summed E-state index contributed by atoms with van der Waals surface area (Å²) in [6.07, 6.45) is 4.76. The lowest BCUT2D eigenvalue weighted by atomic mass is 9.33. The Hall–Kier alpha value is -9.12. The van der Waals surface area contributed by atoms with Crippen molar-refractivity contribution in [2.24, 2.45) is 0 Å². The smallest absolute Gasteiger partial charge is 0.252 e. The number of para-hydroxylation sites is 2. The number of anilines is 6. The standard InChI is InChI=1S/C86H80BN3/c1-82(2,3)68-26-18-15-23-65(68)60-35-44-77-74(51-60)87-73-43-40-64(90-75-27-19-16-24-66(75)67-25-17-20-28-76(67)90)54-78(73)89(63-38-31-57(32-39-63)59-34-42-70-72(50-59)86(10,11)48-46-84(70,6)7)80-53-61(55-21-13-12-14-22-55)52-79(81(80)87)88(77)62-36-29-56(30-37-62)58-33-41-69-71(49-58)85(8,9)47-45-83(69,4)5/h12-44,49-54H,45-48H2,1-11H3. The van der Waals surface area contributed by atoms with Gasteiger partial charge in [-0.15, -0.1) is 0 Å². The van der Waals surface area contributed by atoms with Crippen LogP contribution in [0.2, 0.25) is 0 Å². The third kappa shape index (κ3) is 8.90. The Kier molecular flexibility index (Phi) is 12.6. The first-order valence-electron chi connectivity index (χ1n) is 32.9. The Morgan fingerprint density at radius 1 is 0.322 bits per heavy atom. The zero-order valence-corrected chi connectivity index (χ0v) is 54.3. The van der Waals surface area contributed by atoms with E-state index in [2.05, 4.69) is 327 Å². The third-order valence-corrected chi connectivity index (χ3v) is 21.7. The van der Waals surface area contributed by atoms with Crippen molar-refractivity contribution in [1.29, 1.82) is 0 Å². The van der Waals surface area contributed by atoms with E-state index in [-0.39, 0.29) is 33.8 Å². The van der Waals surface area contributed by atoms with E-state index in [0.29, 0.717) is 0 Å². The summed E-state index contributed by atoms with van der Waals surface area (Å²) < 4.78 is 2.49. The lowest BCUT2D eigenvalue weighted by Crippen LogP contribution is -2.61. The van der Waals surface area contributed by atoms with Gasteiger partial charge >= 0.3 is 0 Å². The van der Waals surface area contributed by atoms with Gasteiger partial charge in [-0.2, -0.15) is 0 Å². The zero-order valence-electron chi connectivity index (χ0n) is 54.3. The average Bonchev–Trinajstić information content (AvgIpc) is 0.749. The van der Waals surface area contributed by atoms with Gasteiger partial charge in [0.1, 0.15) is 0 Å². The molecule has 0 unspecified atom stereocenters. The Bertz CT molecular complexity index is 4820. The Labute approximate surface area is 533 Å². The van der Waals surface area contributed by atoms with E-state index in [9.17, 15) is 0 Å². The number of hydrogen-bond donors (Lipinski definition) is 0. The van der Waals surface area contributed by atoms with E-state index in [1.165, 1.54) is 159 Å². The predicted molar refractivity (Wildman–Crippen MR) is 386 cm³/mol. The molecule has 0 fully saturated rings. The minimum atomic E-state index is -0.115. The van der Waals surface area contributed by atoms with Crippen LogP contribution in [0.25, 0.3) is 72.0 Å². The highest BCUT2D eigenvalue weighted by atomic mass is 15.2. The van der Waals surface area contributed by atoms with Gasteiger partial charge in [-0.3, -0.25) is 0 Å². The molecule has 0 bridgehead atoms. The highest BCUT2D eigenvalue weighted by Gasteiger charge is 2.45. The SMILES string of the molecule is CC(C)(C)c1ccccc1-c1ccc2c(c1)B1c3ccc(-n4c5ccccc5c5ccccc54)cc3N(c3ccc(-c4ccc5c(c4)C(C)(C)CCC5(C)C)cc3)c3cc(-c4ccccc4)cc(c31)N2c1ccc(-c2ccc3c(c2)C(C)(C)CCC3(C)C)cc1. The summed E-state index contributed by atoms with van der Waals surface area (Å²) >= 11 is 0. The van der Waals surface area contributed by atoms with Gasteiger partial charge in [0.15, 0.2) is 0 Å². The number of hydrogen-bond acceptors (Lipinski definition) is 2. The van der Waals surface area contributed by atoms with Crippen LogP contribution in [-0.2, 0) is 27.1 Å². The molecule has 90 heavy (non-hydrogen) atoms. The molecule has 2 aliphatic heterocycles. The fourth-order valence-corrected chi connectivity index (χ4v) is 16.4. The van der Waals surface area contributed by atoms with E-state index in [1.54, 1.807) is 0 Å². The molecule has 16 rings (SSSR count). The molecule has 0 saturated carbocycles. The Balaban J connectivity index is 0.948. The summed E-state index contributed by atoms with van der Waals surface area (Å²) in [5.41, 5.74) is 32.0. The monoisotopic (exact) mass is 1170 g/mol. The largest absolute Gasteiger partial charge is 0.311 e. The van der Waals surface area contributed by atoms with Crippen molar-refractivity contribution in [1.82, 2.24) is 4.57 Å². The first-order valence-corrected chi connectivity index (χ1v) is 32.9. The van der Waals surface area contributed by atoms with Crippen LogP contribution in [0.3, 0.4) is 0 Å². The molecule has 0 atom stereocenters. The molecule has 0 saturated heterocycles. The molecular formula is C86H80BN3. The first-order chi connectivity index (χ1) is 43.2. The molecule has 3 nitrogen and oxygen atoms in total. The quantitative estimate of drug-likeness (QED) is 0.147. The van der Waals surface area contributed by atoms with E-state index in [4.69, 9.17) is 0 Å². The molecule has 11 aromatic carbocycles. The summed E-state index contributed by atoms with van der Waals surface area (Å²) in [5.74, 6) is 0. The van der Waals surface area contributed by atoms with Crippen LogP contribution in [-0.4, -0.2) is 11.3 Å². The summed E-state index contributed by atoms with van der Waals surface area (Å²) in [7, 11) is 0. The van der Waals surface area contributed by atoms with Crippen LogP contribution >= 0.6 is 0 Å². The summed E-state index contributed by atoms with van der Waals surface area (Å²) in [6.45, 7) is 26.3. The third-order valence-electron chi connectivity index (χ3n) is 21.7. The highest BCUT2D eigenvalue weighted by molar-refractivity contribution is 7.00. The van der Waals surface area contributed by atoms with E-state index < -0.39 is 0 Å². The maximum atomic E-state index is 2.61. The summed E-state index contributed by atoms with van der Waals surface area (Å²) in [6, 6.07) is 91.3. The minimum absolute atomic E-state index is 0.0675. The van der Waals surface area contributed by atoms with Crippen molar-refractivity contribution in [3.8, 4) is 50.2 Å². The van der Waals surface area contributed by atoms with Crippen molar-refractivity contribution in [3.63, 3.8) is 0 Å². The molecule has 0 amide bonds. The summed E-state index contributed by atoms with van der Waals surface area (Å²) in [4.78, 5) is 5.21. The van der Waals surface area contributed by atoms with E-state index >= 15 is 0 Å². The second-order valence-electron chi connectivity index (χ2n) is 30.2. The van der Waals surface area contributed by atoms with Gasteiger partial charge in [-0.25, -0.2) is 0 Å². The Morgan fingerprint density at radius 3 is 1.31 bits per heavy atom. The number of aromatic nitrogens is 1. The second-order valence-corrected chi connectivity index (χ2v) is 30.2. The molecule has 2 aliphatic carbocycles. The molecule has 4 heteroatoms. The number of nitrogens with zero attached hydrogens (tertiary/aromatic N) is 3. The topological polar surface area (TPSA) is 11.4 Å². The van der Waals surface area contributed by atoms with Crippen molar-refractivity contribution in [2.75, 3.05) is 9.80 Å². The van der Waals surface area contributed by atoms with Crippen LogP contribution < -0.4 is 26.2 Å². The molecule has 0 spiro atoms. The number of fused-ring (bicyclic) bond motifs is 9. The van der Waals surface area contributed by atoms with Gasteiger partial charge in [-0.1, -0.05) is 246 Å². The number of benzene rings is 11. The molecular weight excluding hydrogens is 1090 g/mol. The van der Waals surface area contributed by atoms with Crippen molar-refractivity contribution < 1.29 is 0 Å². The molecule has 0 N–H and O–H groups in total. The van der Waals surface area contributed by atoms with Gasteiger partial charge < -0.3 is 14.4 Å². The zero-order chi connectivity index (χ0) is 61.8. The first kappa shape index (κ1) is 56.1.